The van der Waals surface area contributed by atoms with Gasteiger partial charge in [0.2, 0.25) is 5.91 Å². The number of amides is 1. The van der Waals surface area contributed by atoms with Gasteiger partial charge in [0.25, 0.3) is 0 Å². The fraction of sp³-hybridized carbons (Fsp3) is 0.176. The summed E-state index contributed by atoms with van der Waals surface area (Å²) in [5, 5.41) is 14.1. The third-order valence-electron chi connectivity index (χ3n) is 4.34. The van der Waals surface area contributed by atoms with Crippen molar-refractivity contribution >= 4 is 16.9 Å². The van der Waals surface area contributed by atoms with Crippen molar-refractivity contribution in [2.45, 2.75) is 11.8 Å². The highest BCUT2D eigenvalue weighted by Crippen LogP contribution is 2.61. The average molecular weight is 294 g/mol. The van der Waals surface area contributed by atoms with Crippen LogP contribution in [0.5, 0.6) is 0 Å². The summed E-state index contributed by atoms with van der Waals surface area (Å²) in [6, 6.07) is 17.4. The second-order valence-corrected chi connectivity index (χ2v) is 5.53. The first-order valence-corrected chi connectivity index (χ1v) is 7.14. The quantitative estimate of drug-likeness (QED) is 0.575. The number of hydroxylamine groups is 1. The van der Waals surface area contributed by atoms with Gasteiger partial charge in [-0.15, -0.1) is 0 Å². The summed E-state index contributed by atoms with van der Waals surface area (Å²) in [5.74, 6) is -0.799. The van der Waals surface area contributed by atoms with Gasteiger partial charge in [-0.05, 0) is 17.7 Å². The summed E-state index contributed by atoms with van der Waals surface area (Å²) in [5.41, 5.74) is 4.32. The number of benzene rings is 2. The van der Waals surface area contributed by atoms with Crippen LogP contribution in [-0.2, 0) is 4.79 Å². The molecule has 5 nitrogen and oxygen atoms in total. The Morgan fingerprint density at radius 2 is 1.77 bits per heavy atom. The molecule has 0 spiro atoms. The van der Waals surface area contributed by atoms with E-state index in [1.807, 2.05) is 54.6 Å². The Kier molecular flexibility index (Phi) is 2.94. The Hall–Kier alpha value is -2.66. The summed E-state index contributed by atoms with van der Waals surface area (Å²) >= 11 is 0. The van der Waals surface area contributed by atoms with Crippen LogP contribution in [0.1, 0.15) is 23.1 Å². The van der Waals surface area contributed by atoms with Gasteiger partial charge >= 0.3 is 0 Å². The Labute approximate surface area is 126 Å². The first-order chi connectivity index (χ1) is 10.8. The molecule has 0 aliphatic heterocycles. The van der Waals surface area contributed by atoms with E-state index in [1.165, 1.54) is 0 Å². The second kappa shape index (κ2) is 4.96. The summed E-state index contributed by atoms with van der Waals surface area (Å²) in [7, 11) is 0. The van der Waals surface area contributed by atoms with Crippen molar-refractivity contribution in [1.82, 2.24) is 10.6 Å². The Bertz CT molecular complexity index is 828. The van der Waals surface area contributed by atoms with Gasteiger partial charge in [-0.1, -0.05) is 47.6 Å². The normalized spacial score (nSPS) is 23.4. The zero-order chi connectivity index (χ0) is 15.1. The molecule has 1 fully saturated rings. The molecule has 0 radical (unpaired) electrons. The van der Waals surface area contributed by atoms with Gasteiger partial charge in [0.05, 0.1) is 11.6 Å². The lowest BCUT2D eigenvalue weighted by Gasteiger charge is -1.98. The molecule has 2 aromatic carbocycles. The molecule has 1 heterocycles. The van der Waals surface area contributed by atoms with E-state index >= 15 is 0 Å². The van der Waals surface area contributed by atoms with E-state index in [4.69, 9.17) is 9.73 Å². The van der Waals surface area contributed by atoms with Crippen LogP contribution < -0.4 is 5.48 Å². The Balaban J connectivity index is 1.78. The van der Waals surface area contributed by atoms with Crippen LogP contribution in [0.15, 0.2) is 59.1 Å². The smallest absolute Gasteiger partial charge is 0.247 e. The summed E-state index contributed by atoms with van der Waals surface area (Å²) in [4.78, 5) is 12.0. The van der Waals surface area contributed by atoms with Gasteiger partial charge in [-0.25, -0.2) is 5.48 Å². The highest BCUT2D eigenvalue weighted by molar-refractivity contribution is 5.87. The summed E-state index contributed by atoms with van der Waals surface area (Å²) < 4.78 is 5.35. The van der Waals surface area contributed by atoms with E-state index < -0.39 is 0 Å². The van der Waals surface area contributed by atoms with Crippen molar-refractivity contribution in [3.05, 3.63) is 65.9 Å². The Morgan fingerprint density at radius 1 is 1.05 bits per heavy atom. The molecule has 1 aromatic heterocycles. The number of aromatic nitrogens is 1. The van der Waals surface area contributed by atoms with Gasteiger partial charge in [-0.3, -0.25) is 10.0 Å². The maximum atomic E-state index is 12.0. The largest absolute Gasteiger partial charge is 0.356 e. The summed E-state index contributed by atoms with van der Waals surface area (Å²) in [6.45, 7) is 0. The number of fused-ring (bicyclic) bond motifs is 1. The minimum atomic E-state index is -0.383. The van der Waals surface area contributed by atoms with Crippen LogP contribution in [0.3, 0.4) is 0 Å². The number of nitrogens with zero attached hydrogens (tertiary/aromatic N) is 1. The molecule has 1 saturated carbocycles. The minimum Gasteiger partial charge on any atom is -0.356 e. The topological polar surface area (TPSA) is 75.4 Å². The third kappa shape index (κ3) is 1.90. The van der Waals surface area contributed by atoms with Crippen molar-refractivity contribution in [2.75, 3.05) is 0 Å². The number of hydrogen-bond donors (Lipinski definition) is 2. The van der Waals surface area contributed by atoms with Gasteiger partial charge in [0, 0.05) is 17.2 Å². The molecule has 0 saturated heterocycles. The minimum absolute atomic E-state index is 0.00172. The zero-order valence-electron chi connectivity index (χ0n) is 11.6. The van der Waals surface area contributed by atoms with Crippen molar-refractivity contribution < 1.29 is 14.5 Å². The lowest BCUT2D eigenvalue weighted by molar-refractivity contribution is -0.130. The molecule has 2 N–H and O–H groups in total. The highest BCUT2D eigenvalue weighted by atomic mass is 16.5. The van der Waals surface area contributed by atoms with E-state index in [2.05, 4.69) is 5.16 Å². The fourth-order valence-electron chi connectivity index (χ4n) is 3.29. The lowest BCUT2D eigenvalue weighted by Crippen LogP contribution is -2.21. The fourth-order valence-corrected chi connectivity index (χ4v) is 3.29. The molecular formula is C17H14N2O3. The maximum absolute atomic E-state index is 12.0. The van der Waals surface area contributed by atoms with E-state index in [-0.39, 0.29) is 23.7 Å². The second-order valence-electron chi connectivity index (χ2n) is 5.53. The van der Waals surface area contributed by atoms with Crippen LogP contribution in [0, 0.1) is 5.92 Å². The predicted molar refractivity (Wildman–Crippen MR) is 79.4 cm³/mol. The van der Waals surface area contributed by atoms with Crippen LogP contribution >= 0.6 is 0 Å². The number of hydrogen-bond acceptors (Lipinski definition) is 4. The highest BCUT2D eigenvalue weighted by Gasteiger charge is 2.58. The van der Waals surface area contributed by atoms with Crippen molar-refractivity contribution in [3.63, 3.8) is 0 Å². The molecule has 22 heavy (non-hydrogen) atoms. The lowest BCUT2D eigenvalue weighted by atomic mass is 10.1. The SMILES string of the molecule is O=C(NO)[C@@H]1[C@H](c2ccccc2)[C@H]1c1noc2ccccc12. The zero-order valence-corrected chi connectivity index (χ0v) is 11.6. The molecule has 1 amide bonds. The molecule has 5 heteroatoms. The van der Waals surface area contributed by atoms with Gasteiger partial charge in [0.15, 0.2) is 5.58 Å². The van der Waals surface area contributed by atoms with Gasteiger partial charge in [-0.2, -0.15) is 0 Å². The standard InChI is InChI=1S/C17H14N2O3/c20-17(18-21)15-13(10-6-2-1-3-7-10)14(15)16-11-8-4-5-9-12(11)22-19-16/h1-9,13-15,21H,(H,18,20)/t13-,14-,15-/m1/s1. The number of carbonyl (C=O) groups excluding carboxylic acids is 1. The maximum Gasteiger partial charge on any atom is 0.247 e. The predicted octanol–water partition coefficient (Wildman–Crippen LogP) is 2.83. The molecule has 0 unspecified atom stereocenters. The Morgan fingerprint density at radius 3 is 2.55 bits per heavy atom. The van der Waals surface area contributed by atoms with E-state index in [0.717, 1.165) is 16.6 Å². The van der Waals surface area contributed by atoms with Crippen LogP contribution in [0.4, 0.5) is 0 Å². The molecule has 1 aliphatic rings. The molecule has 3 aromatic rings. The molecule has 1 aliphatic carbocycles. The number of carbonyl (C=O) groups is 1. The summed E-state index contributed by atoms with van der Waals surface area (Å²) in [6.07, 6.45) is 0. The van der Waals surface area contributed by atoms with E-state index in [1.54, 1.807) is 5.48 Å². The molecule has 3 atom stereocenters. The van der Waals surface area contributed by atoms with E-state index in [9.17, 15) is 4.79 Å². The molecule has 4 rings (SSSR count). The van der Waals surface area contributed by atoms with Crippen molar-refractivity contribution in [2.24, 2.45) is 5.92 Å². The number of para-hydroxylation sites is 1. The first kappa shape index (κ1) is 13.0. The number of nitrogens with one attached hydrogen (secondary N) is 1. The van der Waals surface area contributed by atoms with Crippen LogP contribution in [-0.4, -0.2) is 16.3 Å². The van der Waals surface area contributed by atoms with Crippen molar-refractivity contribution in [3.8, 4) is 0 Å². The van der Waals surface area contributed by atoms with Gasteiger partial charge < -0.3 is 4.52 Å². The third-order valence-corrected chi connectivity index (χ3v) is 4.34. The average Bonchev–Trinajstić information content (AvgIpc) is 3.18. The molecular weight excluding hydrogens is 280 g/mol. The van der Waals surface area contributed by atoms with Gasteiger partial charge in [0.1, 0.15) is 0 Å². The van der Waals surface area contributed by atoms with Crippen LogP contribution in [0.2, 0.25) is 0 Å². The van der Waals surface area contributed by atoms with Crippen molar-refractivity contribution in [1.29, 1.82) is 0 Å². The molecule has 0 bridgehead atoms. The van der Waals surface area contributed by atoms with E-state index in [0.29, 0.717) is 5.58 Å². The van der Waals surface area contributed by atoms with Crippen LogP contribution in [0.25, 0.3) is 11.0 Å². The first-order valence-electron chi connectivity index (χ1n) is 7.14. The monoisotopic (exact) mass is 294 g/mol. The molecule has 110 valence electrons. The number of rotatable bonds is 3.